The topological polar surface area (TPSA) is 174 Å². The molecule has 0 saturated carbocycles. The Bertz CT molecular complexity index is 103. The molecule has 0 amide bonds. The first-order valence-corrected chi connectivity index (χ1v) is 1.34. The summed E-state index contributed by atoms with van der Waals surface area (Å²) in [6.45, 7) is 28.5. The van der Waals surface area contributed by atoms with Crippen molar-refractivity contribution in [1.29, 1.82) is 31.6 Å². The maximum Gasteiger partial charge on any atom is 0 e. The van der Waals surface area contributed by atoms with Crippen molar-refractivity contribution < 1.29 is 41.7 Å². The molecule has 0 aliphatic heterocycles. The molecule has 0 unspecified atom stereocenters. The maximum atomic E-state index is 6.25. The van der Waals surface area contributed by atoms with Crippen molar-refractivity contribution in [3.63, 3.8) is 0 Å². The Morgan fingerprint density at radius 2 is 0.400 bits per heavy atom. The summed E-state index contributed by atoms with van der Waals surface area (Å²) in [5, 5.41) is 37.5. The van der Waals surface area contributed by atoms with Crippen LogP contribution in [0, 0.1) is 71.0 Å². The molecular formula is C6H2CoN6OZn-6. The van der Waals surface area contributed by atoms with Gasteiger partial charge in [0, 0.05) is 36.3 Å². The maximum absolute atomic E-state index is 6.25. The smallest absolute Gasteiger partial charge is 0 e. The van der Waals surface area contributed by atoms with E-state index in [0.29, 0.717) is 0 Å². The summed E-state index contributed by atoms with van der Waals surface area (Å²) >= 11 is 0. The molecule has 0 fully saturated rings. The van der Waals surface area contributed by atoms with Gasteiger partial charge in [-0.25, -0.2) is 0 Å². The fourth-order valence-corrected chi connectivity index (χ4v) is 0. The van der Waals surface area contributed by atoms with E-state index >= 15 is 0 Å². The third-order valence-electron chi connectivity index (χ3n) is 0. The van der Waals surface area contributed by atoms with Crippen LogP contribution in [0.15, 0.2) is 0 Å². The van der Waals surface area contributed by atoms with Crippen molar-refractivity contribution in [3.05, 3.63) is 39.4 Å². The van der Waals surface area contributed by atoms with E-state index in [0.717, 1.165) is 0 Å². The van der Waals surface area contributed by atoms with Crippen LogP contribution in [-0.2, 0) is 36.3 Å². The molecule has 1 radical (unpaired) electrons. The second-order valence-electron chi connectivity index (χ2n) is 0. The van der Waals surface area contributed by atoms with E-state index in [1.165, 1.54) is 0 Å². The molecule has 0 atom stereocenters. The Kier molecular flexibility index (Phi) is 2920. The van der Waals surface area contributed by atoms with Crippen LogP contribution in [-0.4, -0.2) is 5.48 Å². The monoisotopic (exact) mass is 297 g/mol. The second-order valence-corrected chi connectivity index (χ2v) is 0. The van der Waals surface area contributed by atoms with Crippen molar-refractivity contribution >= 4 is 0 Å². The zero-order valence-electron chi connectivity index (χ0n) is 7.22. The molecule has 0 aliphatic rings. The minimum Gasteiger partial charge on any atom is -0.512 e. The second kappa shape index (κ2) is 377. The Balaban J connectivity index is -0.00000000396. The van der Waals surface area contributed by atoms with Crippen LogP contribution in [0.1, 0.15) is 0 Å². The van der Waals surface area contributed by atoms with Crippen LogP contribution >= 0.6 is 0 Å². The summed E-state index contributed by atoms with van der Waals surface area (Å²) in [7, 11) is 0. The standard InChI is InChI=1S/6CN.Co.H2O.Zn/c6*1-2;;;/h;;;;;;;1H2;/q6*-1;;;. The minimum absolute atomic E-state index is 0. The molecule has 2 N–H and O–H groups in total. The summed E-state index contributed by atoms with van der Waals surface area (Å²) in [5.41, 5.74) is 0. The summed E-state index contributed by atoms with van der Waals surface area (Å²) in [6, 6.07) is 0. The average Bonchev–Trinajstić information content (AvgIpc) is 2.33. The van der Waals surface area contributed by atoms with E-state index in [1.807, 2.05) is 0 Å². The first-order chi connectivity index (χ1) is 6.00. The van der Waals surface area contributed by atoms with Gasteiger partial charge in [-0.1, -0.05) is 0 Å². The predicted molar refractivity (Wildman–Crippen MR) is 33.4 cm³/mol. The normalized spacial score (nSPS) is 0.800. The number of rotatable bonds is 0. The first kappa shape index (κ1) is 116. The van der Waals surface area contributed by atoms with Crippen LogP contribution in [0.2, 0.25) is 0 Å². The fraction of sp³-hybridized carbons (Fsp3) is 0. The molecule has 79 valence electrons. The van der Waals surface area contributed by atoms with Gasteiger partial charge < -0.3 is 76.5 Å². The van der Waals surface area contributed by atoms with E-state index in [4.69, 9.17) is 71.0 Å². The predicted octanol–water partition coefficient (Wildman–Crippen LogP) is -0.251. The molecule has 0 heterocycles. The number of hydrogen-bond acceptors (Lipinski definition) is 6. The molecule has 9 heteroatoms. The van der Waals surface area contributed by atoms with Gasteiger partial charge in [-0.15, -0.1) is 0 Å². The van der Waals surface area contributed by atoms with E-state index in [-0.39, 0.29) is 41.7 Å². The van der Waals surface area contributed by atoms with Gasteiger partial charge in [-0.05, 0) is 0 Å². The summed E-state index contributed by atoms with van der Waals surface area (Å²) in [4.78, 5) is 0. The number of nitrogens with zero attached hydrogens (tertiary/aromatic N) is 6. The molecule has 0 aromatic carbocycles. The molecule has 15 heavy (non-hydrogen) atoms. The van der Waals surface area contributed by atoms with E-state index in [1.54, 1.807) is 0 Å². The average molecular weight is 298 g/mol. The van der Waals surface area contributed by atoms with Crippen molar-refractivity contribution in [1.82, 2.24) is 0 Å². The Labute approximate surface area is 113 Å². The largest absolute Gasteiger partial charge is 0.512 e. The third kappa shape index (κ3) is 312. The molecule has 0 spiro atoms. The van der Waals surface area contributed by atoms with Crippen LogP contribution in [0.3, 0.4) is 0 Å². The Morgan fingerprint density at radius 1 is 0.400 bits per heavy atom. The molecule has 0 saturated heterocycles. The fourth-order valence-electron chi connectivity index (χ4n) is 0. The van der Waals surface area contributed by atoms with Crippen molar-refractivity contribution in [2.75, 3.05) is 0 Å². The molecule has 0 rings (SSSR count). The SMILES string of the molecule is O.[C-]#N.[C-]#N.[C-]#N.[C-]#N.[C-]#N.[C-]#N.[Co].[Zn]. The minimum atomic E-state index is 0. The molecule has 0 bridgehead atoms. The van der Waals surface area contributed by atoms with Gasteiger partial charge in [-0.2, -0.15) is 0 Å². The molecular weight excluding hydrogens is 296 g/mol. The third-order valence-corrected chi connectivity index (χ3v) is 0. The van der Waals surface area contributed by atoms with Crippen LogP contribution < -0.4 is 0 Å². The van der Waals surface area contributed by atoms with Crippen LogP contribution in [0.5, 0.6) is 0 Å². The van der Waals surface area contributed by atoms with Gasteiger partial charge in [0.1, 0.15) is 0 Å². The van der Waals surface area contributed by atoms with E-state index < -0.39 is 0 Å². The van der Waals surface area contributed by atoms with Gasteiger partial charge in [0.25, 0.3) is 0 Å². The van der Waals surface area contributed by atoms with Crippen LogP contribution in [0.4, 0.5) is 0 Å². The summed E-state index contributed by atoms with van der Waals surface area (Å²) in [6.07, 6.45) is 0. The van der Waals surface area contributed by atoms with Crippen molar-refractivity contribution in [3.8, 4) is 0 Å². The zero-order chi connectivity index (χ0) is 12.0. The zero-order valence-corrected chi connectivity index (χ0v) is 11.2. The summed E-state index contributed by atoms with van der Waals surface area (Å²) in [5.74, 6) is 0. The van der Waals surface area contributed by atoms with Gasteiger partial charge in [-0.3, -0.25) is 0 Å². The van der Waals surface area contributed by atoms with Gasteiger partial charge in [0.2, 0.25) is 0 Å². The quantitative estimate of drug-likeness (QED) is 0.440. The Hall–Kier alpha value is -1.97. The Morgan fingerprint density at radius 3 is 0.400 bits per heavy atom. The van der Waals surface area contributed by atoms with Crippen LogP contribution in [0.25, 0.3) is 0 Å². The van der Waals surface area contributed by atoms with Gasteiger partial charge in [0.15, 0.2) is 0 Å². The van der Waals surface area contributed by atoms with Crippen molar-refractivity contribution in [2.45, 2.75) is 0 Å². The van der Waals surface area contributed by atoms with Crippen molar-refractivity contribution in [2.24, 2.45) is 0 Å². The van der Waals surface area contributed by atoms with Gasteiger partial charge in [0.05, 0.1) is 0 Å². The van der Waals surface area contributed by atoms with Gasteiger partial charge >= 0.3 is 0 Å². The molecule has 0 aromatic rings. The van der Waals surface area contributed by atoms with E-state index in [2.05, 4.69) is 0 Å². The molecule has 7 nitrogen and oxygen atoms in total. The first-order valence-electron chi connectivity index (χ1n) is 1.34. The summed E-state index contributed by atoms with van der Waals surface area (Å²) < 4.78 is 0. The molecule has 0 aliphatic carbocycles. The van der Waals surface area contributed by atoms with E-state index in [9.17, 15) is 0 Å². The number of hydrogen-bond donors (Lipinski definition) is 0. The molecule has 0 aromatic heterocycles.